The molecule has 6 unspecified atom stereocenters. The molecule has 12 nitrogen and oxygen atoms in total. The molecule has 0 saturated heterocycles. The molecule has 0 bridgehead atoms. The third kappa shape index (κ3) is 14.2. The summed E-state index contributed by atoms with van der Waals surface area (Å²) in [7, 11) is 0. The van der Waals surface area contributed by atoms with Crippen molar-refractivity contribution in [2.24, 2.45) is 22.9 Å². The molecule has 1 fully saturated rings. The predicted octanol–water partition coefficient (Wildman–Crippen LogP) is 13.2. The summed E-state index contributed by atoms with van der Waals surface area (Å²) in [6.45, 7) is 6.55. The number of oxime groups is 1. The Balaban J connectivity index is 1.37. The van der Waals surface area contributed by atoms with Gasteiger partial charge < -0.3 is 34.2 Å². The molecule has 7 rings (SSSR count). The highest BCUT2D eigenvalue weighted by Crippen LogP contribution is 2.62. The molecule has 1 aliphatic heterocycles. The zero-order valence-electron chi connectivity index (χ0n) is 43.0. The lowest BCUT2D eigenvalue weighted by atomic mass is 9.55. The van der Waals surface area contributed by atoms with E-state index in [0.29, 0.717) is 47.6 Å². The van der Waals surface area contributed by atoms with E-state index in [2.05, 4.69) is 19.6 Å². The van der Waals surface area contributed by atoms with Crippen molar-refractivity contribution < 1.29 is 47.8 Å². The molecule has 398 valence electrons. The summed E-state index contributed by atoms with van der Waals surface area (Å²) in [5, 5.41) is 36.5. The molecule has 2 N–H and O–H groups in total. The van der Waals surface area contributed by atoms with Crippen LogP contribution in [-0.2, 0) is 34.1 Å². The van der Waals surface area contributed by atoms with Gasteiger partial charge >= 0.3 is 0 Å². The molecule has 4 aromatic carbocycles. The number of nitrogens with zero attached hydrogens (tertiary/aromatic N) is 3. The molecule has 2 aliphatic carbocycles. The number of fused-ring (bicyclic) bond motifs is 2. The summed E-state index contributed by atoms with van der Waals surface area (Å²) in [4.78, 5) is 34.4. The molecule has 0 radical (unpaired) electrons. The maximum absolute atomic E-state index is 15.3. The second kappa shape index (κ2) is 28.1. The Hall–Kier alpha value is -5.96. The molecule has 1 amide bonds. The number of amides is 1. The van der Waals surface area contributed by atoms with Gasteiger partial charge in [-0.05, 0) is 109 Å². The Morgan fingerprint density at radius 1 is 0.865 bits per heavy atom. The van der Waals surface area contributed by atoms with E-state index in [1.165, 1.54) is 62.4 Å². The van der Waals surface area contributed by atoms with Crippen molar-refractivity contribution in [3.05, 3.63) is 159 Å². The summed E-state index contributed by atoms with van der Waals surface area (Å²) in [6, 6.07) is 23.6. The first-order valence-corrected chi connectivity index (χ1v) is 26.9. The number of allylic oxidation sites excluding steroid dienone is 1. The second-order valence-electron chi connectivity index (χ2n) is 20.1. The van der Waals surface area contributed by atoms with Crippen LogP contribution in [0.4, 0.5) is 14.5 Å². The fourth-order valence-electron chi connectivity index (χ4n) is 11.3. The van der Waals surface area contributed by atoms with Crippen LogP contribution in [-0.4, -0.2) is 63.3 Å². The normalized spacial score (nSPS) is 21.2. The average Bonchev–Trinajstić information content (AvgIpc) is 3.42. The number of carbonyl (C=O) groups excluding carboxylic acids is 1. The van der Waals surface area contributed by atoms with Gasteiger partial charge in [-0.2, -0.15) is 0 Å². The number of halogens is 2. The quantitative estimate of drug-likeness (QED) is 0.0217. The molecule has 6 atom stereocenters. The topological polar surface area (TPSA) is 153 Å². The minimum Gasteiger partial charge on any atom is -0.489 e. The van der Waals surface area contributed by atoms with Gasteiger partial charge in [0.05, 0.1) is 23.2 Å². The van der Waals surface area contributed by atoms with Crippen molar-refractivity contribution in [3.8, 4) is 11.5 Å². The predicted molar refractivity (Wildman–Crippen MR) is 282 cm³/mol. The third-order valence-electron chi connectivity index (χ3n) is 15.0. The number of unbranched alkanes of at least 4 members (excludes halogenated alkanes) is 10. The van der Waals surface area contributed by atoms with Crippen molar-refractivity contribution >= 4 is 17.3 Å². The van der Waals surface area contributed by atoms with Crippen molar-refractivity contribution in [3.63, 3.8) is 0 Å². The number of rotatable bonds is 31. The Bertz CT molecular complexity index is 2500. The number of hydrogen-bond donors (Lipinski definition) is 2. The first-order chi connectivity index (χ1) is 36.1. The minimum atomic E-state index is -1.54. The van der Waals surface area contributed by atoms with Gasteiger partial charge in [-0.3, -0.25) is 14.9 Å². The number of nitro benzene ring substituents is 1. The molecule has 4 aromatic rings. The van der Waals surface area contributed by atoms with E-state index < -0.39 is 28.5 Å². The van der Waals surface area contributed by atoms with Crippen molar-refractivity contribution in [2.45, 2.75) is 154 Å². The van der Waals surface area contributed by atoms with Crippen LogP contribution in [0.2, 0.25) is 0 Å². The van der Waals surface area contributed by atoms with E-state index in [9.17, 15) is 29.1 Å². The number of benzene rings is 4. The van der Waals surface area contributed by atoms with E-state index in [0.717, 1.165) is 61.6 Å². The lowest BCUT2D eigenvalue weighted by molar-refractivity contribution is -0.384. The highest BCUT2D eigenvalue weighted by Gasteiger charge is 2.65. The molecule has 0 aromatic heterocycles. The van der Waals surface area contributed by atoms with Crippen molar-refractivity contribution in [1.29, 1.82) is 0 Å². The standard InChI is InChI=1S/C60H75F2N3O9/c1-3-5-6-7-8-9-10-11-12-23-57(68)64(40-43-24-28-47(61)29-25-43)56-39-54(63-73-41-44-26-30-48(31-27-44)65(69)70)51-37-45(19-15-17-34-66)50(21-16-18-35-67)58-52-38-49(71-42-46-20-13-14-22-53(46)62)32-33-55(52)74-60(56,59(51)58)72-36-4-2/h4,13-14,20,22,24-33,37-38,45,50,56,58-59,66-67H,2-3,5-12,15-19,21,23,34-36,39-42H2,1H3. The van der Waals surface area contributed by atoms with Gasteiger partial charge in [-0.15, -0.1) is 6.58 Å². The fourth-order valence-corrected chi connectivity index (χ4v) is 11.3. The molecule has 1 saturated carbocycles. The Morgan fingerprint density at radius 3 is 2.24 bits per heavy atom. The minimum absolute atomic E-state index is 0.00788. The summed E-state index contributed by atoms with van der Waals surface area (Å²) in [5.41, 5.74) is 4.03. The molecule has 0 spiro atoms. The first kappa shape index (κ1) is 55.8. The smallest absolute Gasteiger partial charge is 0.269 e. The number of carbonyl (C=O) groups is 1. The fraction of sp³-hybridized carbons (Fsp3) is 0.500. The van der Waals surface area contributed by atoms with Crippen LogP contribution >= 0.6 is 0 Å². The molecular formula is C60H75F2N3O9. The summed E-state index contributed by atoms with van der Waals surface area (Å²) in [5.74, 6) is -2.41. The lowest BCUT2D eigenvalue weighted by Crippen LogP contribution is -2.70. The van der Waals surface area contributed by atoms with E-state index in [1.807, 2.05) is 23.1 Å². The van der Waals surface area contributed by atoms with E-state index in [1.54, 1.807) is 48.5 Å². The van der Waals surface area contributed by atoms with Gasteiger partial charge in [-0.25, -0.2) is 8.78 Å². The monoisotopic (exact) mass is 1020 g/mol. The molecular weight excluding hydrogens is 945 g/mol. The number of aliphatic hydroxyl groups excluding tert-OH is 2. The van der Waals surface area contributed by atoms with Gasteiger partial charge in [0, 0.05) is 61.8 Å². The van der Waals surface area contributed by atoms with E-state index >= 15 is 4.79 Å². The first-order valence-electron chi connectivity index (χ1n) is 26.9. The van der Waals surface area contributed by atoms with E-state index in [4.69, 9.17) is 24.2 Å². The van der Waals surface area contributed by atoms with Crippen molar-refractivity contribution in [1.82, 2.24) is 4.90 Å². The molecule has 14 heteroatoms. The zero-order valence-corrected chi connectivity index (χ0v) is 43.0. The van der Waals surface area contributed by atoms with Crippen LogP contribution in [0, 0.1) is 39.5 Å². The molecule has 74 heavy (non-hydrogen) atoms. The Kier molecular flexibility index (Phi) is 21.2. The van der Waals surface area contributed by atoms with Crippen LogP contribution in [0.3, 0.4) is 0 Å². The number of non-ortho nitro benzene ring substituents is 1. The number of hydrogen-bond acceptors (Lipinski definition) is 10. The van der Waals surface area contributed by atoms with Crippen LogP contribution in [0.5, 0.6) is 11.5 Å². The maximum atomic E-state index is 15.3. The number of ether oxygens (including phenoxy) is 3. The Labute approximate surface area is 435 Å². The van der Waals surface area contributed by atoms with Crippen LogP contribution in [0.15, 0.2) is 120 Å². The molecule has 1 heterocycles. The second-order valence-corrected chi connectivity index (χ2v) is 20.1. The third-order valence-corrected chi connectivity index (χ3v) is 15.0. The summed E-state index contributed by atoms with van der Waals surface area (Å²) < 4.78 is 50.5. The highest BCUT2D eigenvalue weighted by atomic mass is 19.1. The summed E-state index contributed by atoms with van der Waals surface area (Å²) in [6.07, 6.45) is 18.2. The van der Waals surface area contributed by atoms with Crippen LogP contribution in [0.25, 0.3) is 0 Å². The zero-order chi connectivity index (χ0) is 52.3. The SMILES string of the molecule is C=CCOC12Oc3ccc(OCc4ccccc4F)cc3C3C(CCCCO)C(CCCCO)C=C(C(=NOCc4ccc([N+](=O)[O-])cc4)CC1N(Cc1ccc(F)cc1)C(=O)CCCCCCCCCCC)C32. The molecule has 3 aliphatic rings. The van der Waals surface area contributed by atoms with Gasteiger partial charge in [0.2, 0.25) is 11.7 Å². The van der Waals surface area contributed by atoms with Crippen LogP contribution < -0.4 is 9.47 Å². The van der Waals surface area contributed by atoms with E-state index in [-0.39, 0.29) is 87.6 Å². The van der Waals surface area contributed by atoms with Gasteiger partial charge in [0.25, 0.3) is 5.69 Å². The van der Waals surface area contributed by atoms with Gasteiger partial charge in [-0.1, -0.05) is 119 Å². The number of aliphatic hydroxyl groups is 2. The summed E-state index contributed by atoms with van der Waals surface area (Å²) >= 11 is 0. The lowest BCUT2D eigenvalue weighted by Gasteiger charge is -2.60. The number of nitro groups is 1. The van der Waals surface area contributed by atoms with Crippen molar-refractivity contribution in [2.75, 3.05) is 19.8 Å². The average molecular weight is 1020 g/mol. The largest absolute Gasteiger partial charge is 0.489 e. The Morgan fingerprint density at radius 2 is 1.55 bits per heavy atom. The van der Waals surface area contributed by atoms with Gasteiger partial charge in [0.15, 0.2) is 0 Å². The van der Waals surface area contributed by atoms with Gasteiger partial charge in [0.1, 0.15) is 42.4 Å². The maximum Gasteiger partial charge on any atom is 0.269 e. The van der Waals surface area contributed by atoms with Crippen LogP contribution in [0.1, 0.15) is 144 Å². The highest BCUT2D eigenvalue weighted by molar-refractivity contribution is 6.03.